The van der Waals surface area contributed by atoms with Gasteiger partial charge in [-0.15, -0.1) is 0 Å². The van der Waals surface area contributed by atoms with Crippen LogP contribution in [-0.4, -0.2) is 62.1 Å². The molecule has 0 saturated carbocycles. The Balaban J connectivity index is 1.62. The zero-order valence-corrected chi connectivity index (χ0v) is 19.1. The van der Waals surface area contributed by atoms with E-state index in [9.17, 15) is 18.3 Å². The molecule has 1 atom stereocenters. The molecule has 2 fully saturated rings. The first-order valence-electron chi connectivity index (χ1n) is 11.1. The van der Waals surface area contributed by atoms with E-state index in [0.717, 1.165) is 45.6 Å². The van der Waals surface area contributed by atoms with Crippen LogP contribution in [0, 0.1) is 12.8 Å². The van der Waals surface area contributed by atoms with Crippen LogP contribution in [0.4, 0.5) is 11.5 Å². The number of aryl methyl sites for hydroxylation is 1. The number of hydrogen-bond donors (Lipinski definition) is 2. The topological polar surface area (TPSA) is 103 Å². The van der Waals surface area contributed by atoms with Gasteiger partial charge in [-0.25, -0.2) is 18.2 Å². The predicted octanol–water partition coefficient (Wildman–Crippen LogP) is 3.20. The normalized spacial score (nSPS) is 19.8. The smallest absolute Gasteiger partial charge is 0.337 e. The molecule has 2 saturated heterocycles. The van der Waals surface area contributed by atoms with Crippen LogP contribution in [0.2, 0.25) is 0 Å². The fourth-order valence-electron chi connectivity index (χ4n) is 4.70. The quantitative estimate of drug-likeness (QED) is 0.657. The van der Waals surface area contributed by atoms with Gasteiger partial charge in [-0.1, -0.05) is 18.2 Å². The monoisotopic (exact) mass is 458 g/mol. The molecule has 0 spiro atoms. The average molecular weight is 459 g/mol. The van der Waals surface area contributed by atoms with E-state index in [2.05, 4.69) is 19.5 Å². The second-order valence-corrected chi connectivity index (χ2v) is 10.4. The molecule has 0 radical (unpaired) electrons. The van der Waals surface area contributed by atoms with E-state index in [1.54, 1.807) is 31.2 Å². The number of likely N-dealkylation sites (tertiary alicyclic amines) is 1. The second kappa shape index (κ2) is 9.46. The Morgan fingerprint density at radius 3 is 2.66 bits per heavy atom. The van der Waals surface area contributed by atoms with Crippen LogP contribution in [0.15, 0.2) is 41.4 Å². The highest BCUT2D eigenvalue weighted by atomic mass is 32.2. The molecule has 9 heteroatoms. The number of carboxylic acids is 1. The summed E-state index contributed by atoms with van der Waals surface area (Å²) in [5.74, 6) is -0.187. The molecule has 0 aliphatic carbocycles. The number of aromatic nitrogens is 1. The van der Waals surface area contributed by atoms with Crippen LogP contribution in [0.5, 0.6) is 0 Å². The van der Waals surface area contributed by atoms with Crippen molar-refractivity contribution in [1.82, 2.24) is 9.88 Å². The Morgan fingerprint density at radius 2 is 1.94 bits per heavy atom. The van der Waals surface area contributed by atoms with Gasteiger partial charge in [0.1, 0.15) is 0 Å². The molecule has 8 nitrogen and oxygen atoms in total. The molecular formula is C23H30N4O4S. The van der Waals surface area contributed by atoms with Crippen molar-refractivity contribution < 1.29 is 18.3 Å². The maximum atomic E-state index is 13.1. The van der Waals surface area contributed by atoms with E-state index in [4.69, 9.17) is 0 Å². The number of nitrogens with zero attached hydrogens (tertiary/aromatic N) is 3. The Morgan fingerprint density at radius 1 is 1.19 bits per heavy atom. The van der Waals surface area contributed by atoms with E-state index < -0.39 is 16.0 Å². The molecule has 1 unspecified atom stereocenters. The Kier molecular flexibility index (Phi) is 6.66. The molecule has 2 aliphatic rings. The van der Waals surface area contributed by atoms with Crippen molar-refractivity contribution in [1.29, 1.82) is 0 Å². The molecule has 0 amide bonds. The van der Waals surface area contributed by atoms with Gasteiger partial charge in [-0.3, -0.25) is 4.72 Å². The van der Waals surface area contributed by atoms with Gasteiger partial charge in [0.25, 0.3) is 10.0 Å². The van der Waals surface area contributed by atoms with E-state index in [1.165, 1.54) is 25.1 Å². The number of rotatable bonds is 7. The van der Waals surface area contributed by atoms with E-state index in [-0.39, 0.29) is 16.1 Å². The SMILES string of the molecule is Cc1ccccc1S(=O)(=O)Nc1cc(C(=O)O)cnc1N1CCCC(CN2CCCC2)C1. The summed E-state index contributed by atoms with van der Waals surface area (Å²) in [6, 6.07) is 8.08. The minimum Gasteiger partial charge on any atom is -0.478 e. The third kappa shape index (κ3) is 5.05. The lowest BCUT2D eigenvalue weighted by atomic mass is 9.97. The van der Waals surface area contributed by atoms with Gasteiger partial charge in [-0.05, 0) is 69.3 Å². The summed E-state index contributed by atoms with van der Waals surface area (Å²) in [7, 11) is -3.90. The van der Waals surface area contributed by atoms with Crippen molar-refractivity contribution in [2.45, 2.75) is 37.5 Å². The molecular weight excluding hydrogens is 428 g/mol. The van der Waals surface area contributed by atoms with Gasteiger partial charge in [0.15, 0.2) is 5.82 Å². The number of hydrogen-bond acceptors (Lipinski definition) is 6. The van der Waals surface area contributed by atoms with Crippen LogP contribution < -0.4 is 9.62 Å². The summed E-state index contributed by atoms with van der Waals surface area (Å²) in [5, 5.41) is 9.44. The van der Waals surface area contributed by atoms with Crippen LogP contribution in [0.3, 0.4) is 0 Å². The van der Waals surface area contributed by atoms with E-state index >= 15 is 0 Å². The van der Waals surface area contributed by atoms with Gasteiger partial charge in [0.2, 0.25) is 0 Å². The van der Waals surface area contributed by atoms with Crippen molar-refractivity contribution in [2.24, 2.45) is 5.92 Å². The number of sulfonamides is 1. The lowest BCUT2D eigenvalue weighted by Crippen LogP contribution is -2.41. The zero-order valence-electron chi connectivity index (χ0n) is 18.3. The molecule has 4 rings (SSSR count). The molecule has 1 aromatic carbocycles. The molecule has 3 heterocycles. The Hall–Kier alpha value is -2.65. The van der Waals surface area contributed by atoms with Crippen molar-refractivity contribution >= 4 is 27.5 Å². The molecule has 172 valence electrons. The van der Waals surface area contributed by atoms with E-state index in [1.807, 2.05) is 0 Å². The van der Waals surface area contributed by atoms with Crippen LogP contribution in [0.1, 0.15) is 41.6 Å². The summed E-state index contributed by atoms with van der Waals surface area (Å²) in [6.45, 7) is 6.58. The predicted molar refractivity (Wildman–Crippen MR) is 124 cm³/mol. The molecule has 2 aliphatic heterocycles. The Bertz CT molecular complexity index is 1080. The van der Waals surface area contributed by atoms with Crippen molar-refractivity contribution in [3.05, 3.63) is 47.7 Å². The third-order valence-corrected chi connectivity index (χ3v) is 7.80. The van der Waals surface area contributed by atoms with Crippen LogP contribution in [0.25, 0.3) is 0 Å². The first kappa shape index (κ1) is 22.5. The fourth-order valence-corrected chi connectivity index (χ4v) is 6.00. The lowest BCUT2D eigenvalue weighted by Gasteiger charge is -2.36. The first-order chi connectivity index (χ1) is 15.3. The van der Waals surface area contributed by atoms with Gasteiger partial charge in [0, 0.05) is 25.8 Å². The maximum Gasteiger partial charge on any atom is 0.337 e. The van der Waals surface area contributed by atoms with Crippen molar-refractivity contribution in [3.63, 3.8) is 0 Å². The molecule has 1 aromatic heterocycles. The third-order valence-electron chi connectivity index (χ3n) is 6.27. The molecule has 32 heavy (non-hydrogen) atoms. The van der Waals surface area contributed by atoms with Crippen molar-refractivity contribution in [2.75, 3.05) is 42.3 Å². The van der Waals surface area contributed by atoms with Gasteiger partial charge < -0.3 is 14.9 Å². The standard InChI is InChI=1S/C23H30N4O4S/c1-17-7-2-3-9-21(17)32(30,31)25-20-13-19(23(28)29)14-24-22(20)27-12-6-8-18(16-27)15-26-10-4-5-11-26/h2-3,7,9,13-14,18,25H,4-6,8,10-12,15-16H2,1H3,(H,28,29). The zero-order chi connectivity index (χ0) is 22.7. The summed E-state index contributed by atoms with van der Waals surface area (Å²) in [5.41, 5.74) is 0.768. The summed E-state index contributed by atoms with van der Waals surface area (Å²) < 4.78 is 28.9. The highest BCUT2D eigenvalue weighted by Gasteiger charge is 2.27. The number of piperidine rings is 1. The average Bonchev–Trinajstić information content (AvgIpc) is 3.27. The lowest BCUT2D eigenvalue weighted by molar-refractivity contribution is 0.0696. The van der Waals surface area contributed by atoms with Gasteiger partial charge in [0.05, 0.1) is 16.1 Å². The highest BCUT2D eigenvalue weighted by molar-refractivity contribution is 7.92. The minimum atomic E-state index is -3.90. The molecule has 2 N–H and O–H groups in total. The second-order valence-electron chi connectivity index (χ2n) is 8.73. The summed E-state index contributed by atoms with van der Waals surface area (Å²) >= 11 is 0. The Labute approximate surface area is 189 Å². The maximum absolute atomic E-state index is 13.1. The number of anilines is 2. The minimum absolute atomic E-state index is 0.0538. The first-order valence-corrected chi connectivity index (χ1v) is 12.6. The number of nitrogens with one attached hydrogen (secondary N) is 1. The summed E-state index contributed by atoms with van der Waals surface area (Å²) in [6.07, 6.45) is 5.92. The number of benzene rings is 1. The number of aromatic carboxylic acids is 1. The van der Waals surface area contributed by atoms with Gasteiger partial charge in [-0.2, -0.15) is 0 Å². The fraction of sp³-hybridized carbons (Fsp3) is 0.478. The number of carbonyl (C=O) groups is 1. The summed E-state index contributed by atoms with van der Waals surface area (Å²) in [4.78, 5) is 20.7. The molecule has 2 aromatic rings. The van der Waals surface area contributed by atoms with Crippen LogP contribution >= 0.6 is 0 Å². The van der Waals surface area contributed by atoms with Crippen molar-refractivity contribution in [3.8, 4) is 0 Å². The van der Waals surface area contributed by atoms with Gasteiger partial charge >= 0.3 is 5.97 Å². The van der Waals surface area contributed by atoms with E-state index in [0.29, 0.717) is 17.3 Å². The number of pyridine rings is 1. The van der Waals surface area contributed by atoms with Crippen LogP contribution in [-0.2, 0) is 10.0 Å². The highest BCUT2D eigenvalue weighted by Crippen LogP contribution is 2.31. The molecule has 0 bridgehead atoms. The largest absolute Gasteiger partial charge is 0.478 e. The number of carboxylic acid groups (broad SMARTS) is 1.